The number of nitrogens with zero attached hydrogens (tertiary/aromatic N) is 1. The summed E-state index contributed by atoms with van der Waals surface area (Å²) in [6.07, 6.45) is 4.58. The third-order valence-corrected chi connectivity index (χ3v) is 3.84. The van der Waals surface area contributed by atoms with Gasteiger partial charge in [0.1, 0.15) is 0 Å². The minimum Gasteiger partial charge on any atom is -0.341 e. The smallest absolute Gasteiger partial charge is 0.239 e. The summed E-state index contributed by atoms with van der Waals surface area (Å²) in [7, 11) is 0. The Morgan fingerprint density at radius 1 is 1.50 bits per heavy atom. The van der Waals surface area contributed by atoms with Crippen LogP contribution in [0.15, 0.2) is 0 Å². The van der Waals surface area contributed by atoms with E-state index in [0.717, 1.165) is 25.9 Å². The first-order valence-electron chi connectivity index (χ1n) is 6.64. The van der Waals surface area contributed by atoms with E-state index in [0.29, 0.717) is 5.92 Å². The zero-order chi connectivity index (χ0) is 12.1. The van der Waals surface area contributed by atoms with Gasteiger partial charge in [0, 0.05) is 13.1 Å². The molecule has 0 aromatic heterocycles. The average Bonchev–Trinajstić information content (AvgIpc) is 2.75. The van der Waals surface area contributed by atoms with Crippen molar-refractivity contribution in [2.75, 3.05) is 13.1 Å². The fraction of sp³-hybridized carbons (Fsp3) is 0.923. The Bertz CT molecular complexity index is 230. The van der Waals surface area contributed by atoms with E-state index in [-0.39, 0.29) is 17.9 Å². The molecule has 1 aliphatic rings. The molecule has 2 N–H and O–H groups in total. The quantitative estimate of drug-likeness (QED) is 0.779. The molecule has 3 heteroatoms. The van der Waals surface area contributed by atoms with Crippen molar-refractivity contribution in [3.8, 4) is 0 Å². The lowest BCUT2D eigenvalue weighted by Crippen LogP contribution is -2.46. The highest BCUT2D eigenvalue weighted by Gasteiger charge is 2.30. The third-order valence-electron chi connectivity index (χ3n) is 3.84. The van der Waals surface area contributed by atoms with E-state index in [1.807, 2.05) is 4.90 Å². The standard InChI is InChI=1S/C13H26N2O/c1-4-6-11-7-8-15(9-11)13(16)12(14)10(3)5-2/h10-12H,4-9,14H2,1-3H3/t10-,11?,12-/m0/s1. The van der Waals surface area contributed by atoms with E-state index in [4.69, 9.17) is 5.73 Å². The van der Waals surface area contributed by atoms with Gasteiger partial charge in [-0.2, -0.15) is 0 Å². The first-order valence-corrected chi connectivity index (χ1v) is 6.64. The summed E-state index contributed by atoms with van der Waals surface area (Å²) in [5.74, 6) is 1.16. The second kappa shape index (κ2) is 6.24. The van der Waals surface area contributed by atoms with Crippen molar-refractivity contribution in [3.63, 3.8) is 0 Å². The molecule has 0 aromatic carbocycles. The van der Waals surface area contributed by atoms with E-state index < -0.39 is 0 Å². The lowest BCUT2D eigenvalue weighted by atomic mass is 9.99. The van der Waals surface area contributed by atoms with Crippen LogP contribution < -0.4 is 5.73 Å². The summed E-state index contributed by atoms with van der Waals surface area (Å²) in [6, 6.07) is -0.301. The first-order chi connectivity index (χ1) is 7.60. The highest BCUT2D eigenvalue weighted by atomic mass is 16.2. The fourth-order valence-corrected chi connectivity index (χ4v) is 2.38. The maximum absolute atomic E-state index is 12.1. The van der Waals surface area contributed by atoms with Crippen LogP contribution in [0.3, 0.4) is 0 Å². The molecule has 94 valence electrons. The molecular weight excluding hydrogens is 200 g/mol. The Morgan fingerprint density at radius 3 is 2.75 bits per heavy atom. The van der Waals surface area contributed by atoms with Crippen molar-refractivity contribution in [2.45, 2.75) is 52.5 Å². The number of rotatable bonds is 5. The van der Waals surface area contributed by atoms with Gasteiger partial charge in [-0.1, -0.05) is 33.6 Å². The van der Waals surface area contributed by atoms with Gasteiger partial charge >= 0.3 is 0 Å². The zero-order valence-electron chi connectivity index (χ0n) is 10.9. The molecule has 0 radical (unpaired) electrons. The van der Waals surface area contributed by atoms with Gasteiger partial charge in [-0.05, 0) is 24.7 Å². The van der Waals surface area contributed by atoms with Crippen molar-refractivity contribution >= 4 is 5.91 Å². The lowest BCUT2D eigenvalue weighted by Gasteiger charge is -2.24. The van der Waals surface area contributed by atoms with Crippen LogP contribution in [-0.4, -0.2) is 29.9 Å². The Kier molecular flexibility index (Phi) is 5.26. The maximum atomic E-state index is 12.1. The third kappa shape index (κ3) is 3.21. The average molecular weight is 226 g/mol. The van der Waals surface area contributed by atoms with Crippen LogP contribution in [0.4, 0.5) is 0 Å². The Balaban J connectivity index is 2.44. The number of hydrogen-bond acceptors (Lipinski definition) is 2. The first kappa shape index (κ1) is 13.5. The van der Waals surface area contributed by atoms with Crippen molar-refractivity contribution in [1.29, 1.82) is 0 Å². The summed E-state index contributed by atoms with van der Waals surface area (Å²) in [4.78, 5) is 14.1. The Hall–Kier alpha value is -0.570. The Labute approximate surface area is 99.4 Å². The SMILES string of the molecule is CCCC1CCN(C(=O)[C@@H](N)[C@@H](C)CC)C1. The van der Waals surface area contributed by atoms with Crippen molar-refractivity contribution in [3.05, 3.63) is 0 Å². The maximum Gasteiger partial charge on any atom is 0.239 e. The normalized spacial score (nSPS) is 24.5. The molecule has 1 rings (SSSR count). The highest BCUT2D eigenvalue weighted by molar-refractivity contribution is 5.82. The number of amides is 1. The van der Waals surface area contributed by atoms with E-state index in [1.54, 1.807) is 0 Å². The van der Waals surface area contributed by atoms with Crippen molar-refractivity contribution < 1.29 is 4.79 Å². The van der Waals surface area contributed by atoms with Gasteiger partial charge in [-0.25, -0.2) is 0 Å². The van der Waals surface area contributed by atoms with Gasteiger partial charge in [0.25, 0.3) is 0 Å². The lowest BCUT2D eigenvalue weighted by molar-refractivity contribution is -0.132. The van der Waals surface area contributed by atoms with Crippen LogP contribution >= 0.6 is 0 Å². The second-order valence-electron chi connectivity index (χ2n) is 5.14. The summed E-state index contributed by atoms with van der Waals surface area (Å²) in [5, 5.41) is 0. The molecule has 16 heavy (non-hydrogen) atoms. The molecule has 3 nitrogen and oxygen atoms in total. The number of likely N-dealkylation sites (tertiary alicyclic amines) is 1. The van der Waals surface area contributed by atoms with Crippen LogP contribution in [0.2, 0.25) is 0 Å². The molecule has 1 aliphatic heterocycles. The van der Waals surface area contributed by atoms with Gasteiger partial charge in [0.2, 0.25) is 5.91 Å². The molecule has 1 saturated heterocycles. The van der Waals surface area contributed by atoms with Crippen LogP contribution in [0.25, 0.3) is 0 Å². The molecule has 3 atom stereocenters. The monoisotopic (exact) mass is 226 g/mol. The predicted molar refractivity (Wildman–Crippen MR) is 67.0 cm³/mol. The van der Waals surface area contributed by atoms with Crippen molar-refractivity contribution in [1.82, 2.24) is 4.90 Å². The van der Waals surface area contributed by atoms with E-state index >= 15 is 0 Å². The molecule has 1 heterocycles. The molecule has 0 aromatic rings. The van der Waals surface area contributed by atoms with Crippen molar-refractivity contribution in [2.24, 2.45) is 17.6 Å². The molecule has 1 fully saturated rings. The minimum absolute atomic E-state index is 0.160. The molecule has 0 saturated carbocycles. The van der Waals surface area contributed by atoms with Gasteiger partial charge in [0.15, 0.2) is 0 Å². The zero-order valence-corrected chi connectivity index (χ0v) is 10.9. The number of nitrogens with two attached hydrogens (primary N) is 1. The summed E-state index contributed by atoms with van der Waals surface area (Å²) < 4.78 is 0. The van der Waals surface area contributed by atoms with E-state index in [9.17, 15) is 4.79 Å². The van der Waals surface area contributed by atoms with Gasteiger partial charge < -0.3 is 10.6 Å². The molecule has 1 amide bonds. The van der Waals surface area contributed by atoms with Gasteiger partial charge in [-0.3, -0.25) is 4.79 Å². The number of carbonyl (C=O) groups is 1. The summed E-state index contributed by atoms with van der Waals surface area (Å²) in [5.41, 5.74) is 5.98. The van der Waals surface area contributed by atoms with Gasteiger partial charge in [-0.15, -0.1) is 0 Å². The van der Waals surface area contributed by atoms with Gasteiger partial charge in [0.05, 0.1) is 6.04 Å². The second-order valence-corrected chi connectivity index (χ2v) is 5.14. The van der Waals surface area contributed by atoms with E-state index in [1.165, 1.54) is 12.8 Å². The molecule has 1 unspecified atom stereocenters. The molecular formula is C13H26N2O. The van der Waals surface area contributed by atoms with Crippen LogP contribution in [0.1, 0.15) is 46.5 Å². The van der Waals surface area contributed by atoms with Crippen LogP contribution in [-0.2, 0) is 4.79 Å². The topological polar surface area (TPSA) is 46.3 Å². The summed E-state index contributed by atoms with van der Waals surface area (Å²) >= 11 is 0. The molecule has 0 spiro atoms. The number of hydrogen-bond donors (Lipinski definition) is 1. The Morgan fingerprint density at radius 2 is 2.19 bits per heavy atom. The van der Waals surface area contributed by atoms with Crippen LogP contribution in [0.5, 0.6) is 0 Å². The molecule has 0 bridgehead atoms. The summed E-state index contributed by atoms with van der Waals surface area (Å²) in [6.45, 7) is 8.18. The minimum atomic E-state index is -0.301. The fourth-order valence-electron chi connectivity index (χ4n) is 2.38. The van der Waals surface area contributed by atoms with Crippen LogP contribution in [0, 0.1) is 11.8 Å². The van der Waals surface area contributed by atoms with E-state index in [2.05, 4.69) is 20.8 Å². The predicted octanol–water partition coefficient (Wildman–Crippen LogP) is 2.01. The number of carbonyl (C=O) groups excluding carboxylic acids is 1. The largest absolute Gasteiger partial charge is 0.341 e. The molecule has 0 aliphatic carbocycles. The highest BCUT2D eigenvalue weighted by Crippen LogP contribution is 2.22.